The number of rotatable bonds is 10. The lowest BCUT2D eigenvalue weighted by molar-refractivity contribution is -0.150. The van der Waals surface area contributed by atoms with Crippen LogP contribution < -0.4 is 5.32 Å². The molecule has 0 spiro atoms. The smallest absolute Gasteiger partial charge is 0.326 e. The van der Waals surface area contributed by atoms with Crippen molar-refractivity contribution in [2.45, 2.75) is 89.4 Å². The van der Waals surface area contributed by atoms with E-state index in [9.17, 15) is 19.5 Å². The van der Waals surface area contributed by atoms with Crippen LogP contribution in [0.5, 0.6) is 0 Å². The normalized spacial score (nSPS) is 25.0. The number of nitrogens with zero attached hydrogens (tertiary/aromatic N) is 1. The average Bonchev–Trinajstić information content (AvgIpc) is 3.32. The molecule has 1 aliphatic carbocycles. The van der Waals surface area contributed by atoms with Crippen molar-refractivity contribution in [2.75, 3.05) is 0 Å². The van der Waals surface area contributed by atoms with Gasteiger partial charge in [-0.25, -0.2) is 4.79 Å². The summed E-state index contributed by atoms with van der Waals surface area (Å²) < 4.78 is 0. The Kier molecular flexibility index (Phi) is 7.64. The molecule has 2 aliphatic rings. The second-order valence-electron chi connectivity index (χ2n) is 8.78. The molecule has 6 nitrogen and oxygen atoms in total. The maximum Gasteiger partial charge on any atom is 0.326 e. The topological polar surface area (TPSA) is 86.7 Å². The van der Waals surface area contributed by atoms with Crippen LogP contribution in [0.25, 0.3) is 0 Å². The molecule has 1 aromatic rings. The van der Waals surface area contributed by atoms with Crippen molar-refractivity contribution in [1.82, 2.24) is 10.2 Å². The van der Waals surface area contributed by atoms with Crippen molar-refractivity contribution in [3.05, 3.63) is 35.9 Å². The first-order valence-corrected chi connectivity index (χ1v) is 11.3. The fraction of sp³-hybridized carbons (Fsp3) is 0.625. The van der Waals surface area contributed by atoms with Crippen molar-refractivity contribution >= 4 is 17.7 Å². The lowest BCUT2D eigenvalue weighted by Gasteiger charge is -2.32. The van der Waals surface area contributed by atoms with Gasteiger partial charge >= 0.3 is 5.97 Å². The Hall–Kier alpha value is -2.21. The predicted molar refractivity (Wildman–Crippen MR) is 115 cm³/mol. The Morgan fingerprint density at radius 2 is 1.93 bits per heavy atom. The first-order chi connectivity index (χ1) is 14.4. The maximum atomic E-state index is 13.3. The molecule has 0 aromatic heterocycles. The van der Waals surface area contributed by atoms with Gasteiger partial charge < -0.3 is 10.0 Å². The lowest BCUT2D eigenvalue weighted by Crippen LogP contribution is -2.55. The van der Waals surface area contributed by atoms with Crippen LogP contribution in [0.2, 0.25) is 0 Å². The van der Waals surface area contributed by atoms with E-state index in [0.29, 0.717) is 19.3 Å². The highest BCUT2D eigenvalue weighted by Gasteiger charge is 2.49. The second-order valence-corrected chi connectivity index (χ2v) is 8.78. The number of Topliss-reactive ketones (excluding diaryl/α,β-unsaturated/α-hetero) is 1. The van der Waals surface area contributed by atoms with E-state index in [1.165, 1.54) is 0 Å². The summed E-state index contributed by atoms with van der Waals surface area (Å²) in [7, 11) is 0. The number of aryl methyl sites for hydroxylation is 1. The molecule has 1 heterocycles. The summed E-state index contributed by atoms with van der Waals surface area (Å²) >= 11 is 0. The van der Waals surface area contributed by atoms with Crippen molar-refractivity contribution in [1.29, 1.82) is 0 Å². The minimum atomic E-state index is -0.923. The summed E-state index contributed by atoms with van der Waals surface area (Å²) in [5, 5.41) is 12.9. The van der Waals surface area contributed by atoms with Gasteiger partial charge in [-0.15, -0.1) is 0 Å². The van der Waals surface area contributed by atoms with E-state index in [1.807, 2.05) is 37.3 Å². The van der Waals surface area contributed by atoms with E-state index < -0.39 is 24.1 Å². The van der Waals surface area contributed by atoms with Gasteiger partial charge in [0.1, 0.15) is 11.8 Å². The number of aliphatic carboxylic acids is 1. The van der Waals surface area contributed by atoms with Crippen LogP contribution >= 0.6 is 0 Å². The Morgan fingerprint density at radius 3 is 2.60 bits per heavy atom. The number of hydrogen-bond donors (Lipinski definition) is 2. The van der Waals surface area contributed by atoms with Gasteiger partial charge in [-0.3, -0.25) is 14.9 Å². The molecule has 0 bridgehead atoms. The van der Waals surface area contributed by atoms with Gasteiger partial charge in [0.25, 0.3) is 0 Å². The first kappa shape index (κ1) is 22.5. The number of fused-ring (bicyclic) bond motifs is 1. The third-order valence-electron chi connectivity index (χ3n) is 6.65. The highest BCUT2D eigenvalue weighted by Crippen LogP contribution is 2.41. The van der Waals surface area contributed by atoms with Crippen LogP contribution in [0, 0.1) is 5.92 Å². The van der Waals surface area contributed by atoms with E-state index in [4.69, 9.17) is 0 Å². The van der Waals surface area contributed by atoms with Gasteiger partial charge in [0.15, 0.2) is 0 Å². The van der Waals surface area contributed by atoms with Gasteiger partial charge in [0, 0.05) is 12.5 Å². The third kappa shape index (κ3) is 5.09. The van der Waals surface area contributed by atoms with Crippen LogP contribution in [-0.4, -0.2) is 51.8 Å². The van der Waals surface area contributed by atoms with Crippen molar-refractivity contribution in [3.63, 3.8) is 0 Å². The van der Waals surface area contributed by atoms with E-state index >= 15 is 0 Å². The number of carboxylic acids is 1. The molecule has 30 heavy (non-hydrogen) atoms. The Balaban J connectivity index is 1.68. The van der Waals surface area contributed by atoms with Gasteiger partial charge in [-0.2, -0.15) is 0 Å². The Bertz CT molecular complexity index is 751. The molecule has 0 radical (unpaired) electrons. The molecule has 1 saturated carbocycles. The molecular weight excluding hydrogens is 380 g/mol. The van der Waals surface area contributed by atoms with Gasteiger partial charge in [-0.1, -0.05) is 43.7 Å². The van der Waals surface area contributed by atoms with Crippen molar-refractivity contribution in [3.8, 4) is 0 Å². The minimum absolute atomic E-state index is 0.0250. The van der Waals surface area contributed by atoms with Crippen LogP contribution in [0.4, 0.5) is 0 Å². The molecule has 1 amide bonds. The molecule has 1 aliphatic heterocycles. The minimum Gasteiger partial charge on any atom is -0.480 e. The molecule has 1 saturated heterocycles. The highest BCUT2D eigenvalue weighted by molar-refractivity contribution is 5.89. The number of carbonyl (C=O) groups is 3. The summed E-state index contributed by atoms with van der Waals surface area (Å²) in [5.74, 6) is -0.709. The predicted octanol–water partition coefficient (Wildman–Crippen LogP) is 3.19. The number of ketones is 1. The molecule has 3 rings (SSSR count). The number of carboxylic acid groups (broad SMARTS) is 1. The standard InChI is InChI=1S/C24H34N2O4/c1-3-8-22(27)19(14-13-17-9-5-4-6-10-17)25-16(2)23(28)26-20-12-7-11-18(20)15-21(26)24(29)30/h4-6,9-10,16,18-21,25H,3,7-8,11-15H2,1-2H3,(H,29,30)/t16-,18?,19?,20?,21?/m1/s1. The number of carbonyl (C=O) groups excluding carboxylic acids is 2. The van der Waals surface area contributed by atoms with Crippen LogP contribution in [0.3, 0.4) is 0 Å². The Labute approximate surface area is 179 Å². The SMILES string of the molecule is CCCC(=O)C(CCc1ccccc1)N[C@H](C)C(=O)N1C(C(=O)O)CC2CCCC21. The van der Waals surface area contributed by atoms with E-state index in [0.717, 1.165) is 37.7 Å². The number of amides is 1. The molecule has 2 fully saturated rings. The molecule has 4 unspecified atom stereocenters. The molecular formula is C24H34N2O4. The van der Waals surface area contributed by atoms with Crippen molar-refractivity contribution < 1.29 is 19.5 Å². The maximum absolute atomic E-state index is 13.3. The first-order valence-electron chi connectivity index (χ1n) is 11.3. The number of benzene rings is 1. The quantitative estimate of drug-likeness (QED) is 0.614. The van der Waals surface area contributed by atoms with E-state index in [-0.39, 0.29) is 23.7 Å². The van der Waals surface area contributed by atoms with Crippen LogP contribution in [-0.2, 0) is 20.8 Å². The van der Waals surface area contributed by atoms with Crippen LogP contribution in [0.1, 0.15) is 64.4 Å². The zero-order valence-electron chi connectivity index (χ0n) is 18.0. The number of likely N-dealkylation sites (tertiary alicyclic amines) is 1. The zero-order valence-corrected chi connectivity index (χ0v) is 18.0. The average molecular weight is 415 g/mol. The lowest BCUT2D eigenvalue weighted by atomic mass is 9.99. The fourth-order valence-corrected chi connectivity index (χ4v) is 5.14. The third-order valence-corrected chi connectivity index (χ3v) is 6.65. The fourth-order valence-electron chi connectivity index (χ4n) is 5.14. The Morgan fingerprint density at radius 1 is 1.20 bits per heavy atom. The molecule has 6 heteroatoms. The monoisotopic (exact) mass is 414 g/mol. The highest BCUT2D eigenvalue weighted by atomic mass is 16.4. The summed E-state index contributed by atoms with van der Waals surface area (Å²) in [6, 6.07) is 8.29. The van der Waals surface area contributed by atoms with E-state index in [1.54, 1.807) is 11.8 Å². The number of hydrogen-bond acceptors (Lipinski definition) is 4. The molecule has 1 aromatic carbocycles. The molecule has 164 valence electrons. The summed E-state index contributed by atoms with van der Waals surface area (Å²) in [5.41, 5.74) is 1.16. The van der Waals surface area contributed by atoms with Crippen molar-refractivity contribution in [2.24, 2.45) is 5.92 Å². The van der Waals surface area contributed by atoms with Crippen LogP contribution in [0.15, 0.2) is 30.3 Å². The zero-order chi connectivity index (χ0) is 21.7. The summed E-state index contributed by atoms with van der Waals surface area (Å²) in [4.78, 5) is 39.4. The molecule has 5 atom stereocenters. The second kappa shape index (κ2) is 10.2. The van der Waals surface area contributed by atoms with Gasteiger partial charge in [0.05, 0.1) is 12.1 Å². The largest absolute Gasteiger partial charge is 0.480 e. The van der Waals surface area contributed by atoms with Gasteiger partial charge in [0.2, 0.25) is 5.91 Å². The van der Waals surface area contributed by atoms with Gasteiger partial charge in [-0.05, 0) is 56.9 Å². The van der Waals surface area contributed by atoms with E-state index in [2.05, 4.69) is 5.32 Å². The molecule has 2 N–H and O–H groups in total. The number of nitrogens with one attached hydrogen (secondary N) is 1. The summed E-state index contributed by atoms with van der Waals surface area (Å²) in [6.07, 6.45) is 6.07. The summed E-state index contributed by atoms with van der Waals surface area (Å²) in [6.45, 7) is 3.74.